The van der Waals surface area contributed by atoms with Crippen LogP contribution in [0.15, 0.2) is 71.6 Å². The third kappa shape index (κ3) is 3.58. The molecule has 0 aliphatic carbocycles. The van der Waals surface area contributed by atoms with Crippen LogP contribution in [0.2, 0.25) is 0 Å². The molecule has 1 aliphatic heterocycles. The van der Waals surface area contributed by atoms with E-state index < -0.39 is 0 Å². The molecule has 0 aromatic carbocycles. The molecule has 5 rings (SSSR count). The van der Waals surface area contributed by atoms with E-state index in [9.17, 15) is 0 Å². The summed E-state index contributed by atoms with van der Waals surface area (Å²) < 4.78 is 7.86. The Morgan fingerprint density at radius 3 is 2.62 bits per heavy atom. The molecule has 0 bridgehead atoms. The number of nitrogens with one attached hydrogen (secondary N) is 1. The maximum Gasteiger partial charge on any atom is 0.170 e. The summed E-state index contributed by atoms with van der Waals surface area (Å²) in [7, 11) is 0. The number of pyridine rings is 2. The standard InChI is InChI=1S/C25H25N5OS/c1-16-9-11-27-22(13-16)30-17(2)14-20(18(30)3)24-23(21-8-4-5-10-26-21)28-25(32)29(24)15-19-7-6-12-31-19/h4-14,23-24H,15H2,1-3H3,(H,28,32)/t23-,24+/m1/s1. The van der Waals surface area contributed by atoms with Crippen LogP contribution in [0.1, 0.15) is 46.1 Å². The first-order chi connectivity index (χ1) is 15.5. The highest BCUT2D eigenvalue weighted by molar-refractivity contribution is 7.80. The van der Waals surface area contributed by atoms with Gasteiger partial charge in [-0.25, -0.2) is 4.98 Å². The Morgan fingerprint density at radius 2 is 1.91 bits per heavy atom. The van der Waals surface area contributed by atoms with Gasteiger partial charge in [0.15, 0.2) is 5.11 Å². The minimum atomic E-state index is -0.0712. The van der Waals surface area contributed by atoms with Crippen molar-refractivity contribution in [1.29, 1.82) is 0 Å². The number of hydrogen-bond acceptors (Lipinski definition) is 4. The van der Waals surface area contributed by atoms with Crippen molar-refractivity contribution in [3.63, 3.8) is 0 Å². The zero-order valence-corrected chi connectivity index (χ0v) is 19.1. The molecule has 4 aromatic rings. The molecule has 32 heavy (non-hydrogen) atoms. The highest BCUT2D eigenvalue weighted by atomic mass is 32.1. The lowest BCUT2D eigenvalue weighted by Gasteiger charge is -2.27. The smallest absolute Gasteiger partial charge is 0.170 e. The second-order valence-corrected chi connectivity index (χ2v) is 8.57. The Kier molecular flexibility index (Phi) is 5.27. The number of thiocarbonyl (C=S) groups is 1. The number of aromatic nitrogens is 3. The Bertz CT molecular complexity index is 1250. The summed E-state index contributed by atoms with van der Waals surface area (Å²) in [6, 6.07) is 16.1. The van der Waals surface area contributed by atoms with E-state index >= 15 is 0 Å². The molecule has 1 aliphatic rings. The summed E-state index contributed by atoms with van der Waals surface area (Å²) in [5.41, 5.74) is 5.60. The highest BCUT2D eigenvalue weighted by Gasteiger charge is 2.41. The first-order valence-corrected chi connectivity index (χ1v) is 11.1. The lowest BCUT2D eigenvalue weighted by molar-refractivity contribution is 0.286. The molecule has 0 unspecified atom stereocenters. The first-order valence-electron chi connectivity index (χ1n) is 10.7. The fourth-order valence-corrected chi connectivity index (χ4v) is 4.87. The third-order valence-electron chi connectivity index (χ3n) is 6.02. The van der Waals surface area contributed by atoms with Gasteiger partial charge in [0.1, 0.15) is 11.6 Å². The third-order valence-corrected chi connectivity index (χ3v) is 6.38. The van der Waals surface area contributed by atoms with Gasteiger partial charge >= 0.3 is 0 Å². The van der Waals surface area contributed by atoms with Crippen LogP contribution in [0.4, 0.5) is 0 Å². The van der Waals surface area contributed by atoms with Crippen LogP contribution < -0.4 is 5.32 Å². The van der Waals surface area contributed by atoms with Gasteiger partial charge in [-0.15, -0.1) is 0 Å². The van der Waals surface area contributed by atoms with Crippen LogP contribution in [0.5, 0.6) is 0 Å². The number of aryl methyl sites for hydroxylation is 2. The predicted molar refractivity (Wildman–Crippen MR) is 127 cm³/mol. The van der Waals surface area contributed by atoms with Gasteiger partial charge < -0.3 is 19.2 Å². The average molecular weight is 444 g/mol. The lowest BCUT2D eigenvalue weighted by Crippen LogP contribution is -2.29. The minimum absolute atomic E-state index is 0.0349. The van der Waals surface area contributed by atoms with Crippen LogP contribution in [0.25, 0.3) is 5.82 Å². The summed E-state index contributed by atoms with van der Waals surface area (Å²) in [6.45, 7) is 6.93. The van der Waals surface area contributed by atoms with E-state index in [0.717, 1.165) is 28.7 Å². The molecular weight excluding hydrogens is 418 g/mol. The summed E-state index contributed by atoms with van der Waals surface area (Å²) in [4.78, 5) is 11.5. The minimum Gasteiger partial charge on any atom is -0.467 e. The van der Waals surface area contributed by atoms with Gasteiger partial charge in [0.25, 0.3) is 0 Å². The molecule has 162 valence electrons. The number of furan rings is 1. The van der Waals surface area contributed by atoms with Gasteiger partial charge in [0.05, 0.1) is 30.6 Å². The number of nitrogens with zero attached hydrogens (tertiary/aromatic N) is 4. The van der Waals surface area contributed by atoms with Crippen LogP contribution in [0.3, 0.4) is 0 Å². The summed E-state index contributed by atoms with van der Waals surface area (Å²) in [5.74, 6) is 1.79. The van der Waals surface area contributed by atoms with E-state index in [2.05, 4.69) is 57.7 Å². The normalized spacial score (nSPS) is 18.2. The maximum absolute atomic E-state index is 5.79. The van der Waals surface area contributed by atoms with Crippen molar-refractivity contribution in [1.82, 2.24) is 24.8 Å². The van der Waals surface area contributed by atoms with E-state index in [1.54, 1.807) is 6.26 Å². The maximum atomic E-state index is 5.79. The van der Waals surface area contributed by atoms with Gasteiger partial charge in [-0.05, 0) is 86.6 Å². The van der Waals surface area contributed by atoms with E-state index in [1.165, 1.54) is 11.1 Å². The van der Waals surface area contributed by atoms with Gasteiger partial charge in [-0.1, -0.05) is 6.07 Å². The highest BCUT2D eigenvalue weighted by Crippen LogP contribution is 2.42. The molecule has 1 N–H and O–H groups in total. The average Bonchev–Trinajstić information content (AvgIpc) is 3.48. The molecule has 0 radical (unpaired) electrons. The van der Waals surface area contributed by atoms with Crippen molar-refractivity contribution in [2.75, 3.05) is 0 Å². The molecule has 0 saturated carbocycles. The zero-order chi connectivity index (χ0) is 22.2. The monoisotopic (exact) mass is 443 g/mol. The van der Waals surface area contributed by atoms with Crippen molar-refractivity contribution < 1.29 is 4.42 Å². The summed E-state index contributed by atoms with van der Waals surface area (Å²) >= 11 is 5.79. The van der Waals surface area contributed by atoms with Crippen LogP contribution in [-0.2, 0) is 6.54 Å². The molecule has 1 fully saturated rings. The molecule has 0 spiro atoms. The molecule has 7 heteroatoms. The van der Waals surface area contributed by atoms with Crippen molar-refractivity contribution >= 4 is 17.3 Å². The molecule has 2 atom stereocenters. The Balaban J connectivity index is 1.63. The largest absolute Gasteiger partial charge is 0.467 e. The predicted octanol–water partition coefficient (Wildman–Crippen LogP) is 4.96. The Morgan fingerprint density at radius 1 is 1.03 bits per heavy atom. The van der Waals surface area contributed by atoms with Gasteiger partial charge in [0, 0.05) is 23.8 Å². The SMILES string of the molecule is Cc1ccnc(-n2c(C)cc([C@H]3[C@@H](c4ccccn4)NC(=S)N3Cc3ccco3)c2C)c1. The first kappa shape index (κ1) is 20.5. The quantitative estimate of drug-likeness (QED) is 0.440. The Labute approximate surface area is 192 Å². The van der Waals surface area contributed by atoms with E-state index in [-0.39, 0.29) is 12.1 Å². The van der Waals surface area contributed by atoms with Crippen LogP contribution in [0, 0.1) is 20.8 Å². The topological polar surface area (TPSA) is 59.1 Å². The molecule has 0 amide bonds. The van der Waals surface area contributed by atoms with E-state index in [4.69, 9.17) is 16.6 Å². The molecule has 1 saturated heterocycles. The van der Waals surface area contributed by atoms with Gasteiger partial charge in [0.2, 0.25) is 0 Å². The fraction of sp³-hybridized carbons (Fsp3) is 0.240. The van der Waals surface area contributed by atoms with E-state index in [0.29, 0.717) is 11.7 Å². The summed E-state index contributed by atoms with van der Waals surface area (Å²) in [6.07, 6.45) is 5.38. The van der Waals surface area contributed by atoms with Crippen molar-refractivity contribution in [3.8, 4) is 5.82 Å². The Hall–Kier alpha value is -3.45. The van der Waals surface area contributed by atoms with Gasteiger partial charge in [-0.3, -0.25) is 4.98 Å². The zero-order valence-electron chi connectivity index (χ0n) is 18.3. The van der Waals surface area contributed by atoms with Crippen molar-refractivity contribution in [3.05, 3.63) is 101 Å². The fourth-order valence-electron chi connectivity index (χ4n) is 4.57. The molecule has 5 heterocycles. The summed E-state index contributed by atoms with van der Waals surface area (Å²) in [5, 5.41) is 4.21. The van der Waals surface area contributed by atoms with Crippen LogP contribution >= 0.6 is 12.2 Å². The van der Waals surface area contributed by atoms with Crippen LogP contribution in [-0.4, -0.2) is 24.5 Å². The molecule has 6 nitrogen and oxygen atoms in total. The second kappa shape index (κ2) is 8.24. The van der Waals surface area contributed by atoms with Crippen molar-refractivity contribution in [2.45, 2.75) is 39.4 Å². The molecule has 4 aromatic heterocycles. The lowest BCUT2D eigenvalue weighted by atomic mass is 9.96. The molecular formula is C25H25N5OS. The van der Waals surface area contributed by atoms with Gasteiger partial charge in [-0.2, -0.15) is 0 Å². The number of rotatable bonds is 5. The van der Waals surface area contributed by atoms with E-state index in [1.807, 2.05) is 48.8 Å². The van der Waals surface area contributed by atoms with Crippen molar-refractivity contribution in [2.24, 2.45) is 0 Å². The number of hydrogen-bond donors (Lipinski definition) is 1. The second-order valence-electron chi connectivity index (χ2n) is 8.19.